The lowest BCUT2D eigenvalue weighted by Crippen LogP contribution is -2.32. The second kappa shape index (κ2) is 6.30. The van der Waals surface area contributed by atoms with Crippen LogP contribution >= 0.6 is 0 Å². The van der Waals surface area contributed by atoms with Crippen molar-refractivity contribution >= 4 is 5.91 Å². The summed E-state index contributed by atoms with van der Waals surface area (Å²) in [4.78, 5) is 15.1. The van der Waals surface area contributed by atoms with Gasteiger partial charge in [-0.25, -0.2) is 4.68 Å². The van der Waals surface area contributed by atoms with Gasteiger partial charge in [-0.3, -0.25) is 9.48 Å². The van der Waals surface area contributed by atoms with Crippen molar-refractivity contribution in [2.24, 2.45) is 7.05 Å². The lowest BCUT2D eigenvalue weighted by Gasteiger charge is -2.25. The van der Waals surface area contributed by atoms with Gasteiger partial charge in [-0.05, 0) is 39.7 Å². The molecule has 0 unspecified atom stereocenters. The molecule has 1 atom stereocenters. The van der Waals surface area contributed by atoms with Crippen LogP contribution in [0, 0.1) is 13.8 Å². The highest BCUT2D eigenvalue weighted by Gasteiger charge is 2.36. The van der Waals surface area contributed by atoms with E-state index in [2.05, 4.69) is 10.2 Å². The largest absolute Gasteiger partial charge is 0.481 e. The molecule has 0 bridgehead atoms. The number of hydrogen-bond donors (Lipinski definition) is 0. The maximum Gasteiger partial charge on any atom is 0.272 e. The summed E-state index contributed by atoms with van der Waals surface area (Å²) in [6, 6.07) is 1.87. The summed E-state index contributed by atoms with van der Waals surface area (Å²) in [5, 5.41) is 8.87. The minimum Gasteiger partial charge on any atom is -0.481 e. The molecule has 1 saturated heterocycles. The Labute approximate surface area is 142 Å². The van der Waals surface area contributed by atoms with Crippen molar-refractivity contribution < 1.29 is 9.53 Å². The average Bonchev–Trinajstić information content (AvgIpc) is 3.23. The first-order valence-corrected chi connectivity index (χ1v) is 8.40. The van der Waals surface area contributed by atoms with E-state index in [1.807, 2.05) is 38.8 Å². The molecular weight excluding hydrogens is 306 g/mol. The number of methoxy groups -OCH3 is 1. The van der Waals surface area contributed by atoms with Gasteiger partial charge in [0.05, 0.1) is 30.1 Å². The Morgan fingerprint density at radius 1 is 1.38 bits per heavy atom. The Balaban J connectivity index is 1.98. The molecule has 0 N–H and O–H groups in total. The number of aromatic nitrogens is 4. The molecule has 0 spiro atoms. The Morgan fingerprint density at radius 2 is 2.12 bits per heavy atom. The van der Waals surface area contributed by atoms with Gasteiger partial charge >= 0.3 is 0 Å². The van der Waals surface area contributed by atoms with Gasteiger partial charge < -0.3 is 9.64 Å². The number of carbonyl (C=O) groups excluding carboxylic acids is 1. The summed E-state index contributed by atoms with van der Waals surface area (Å²) in [6.07, 6.45) is 1.90. The van der Waals surface area contributed by atoms with E-state index in [1.165, 1.54) is 0 Å². The molecular formula is C17H25N5O2. The van der Waals surface area contributed by atoms with E-state index in [-0.39, 0.29) is 11.9 Å². The molecule has 0 radical (unpaired) electrons. The van der Waals surface area contributed by atoms with Crippen molar-refractivity contribution in [2.75, 3.05) is 13.7 Å². The van der Waals surface area contributed by atoms with Crippen LogP contribution < -0.4 is 4.74 Å². The van der Waals surface area contributed by atoms with Crippen molar-refractivity contribution in [1.82, 2.24) is 24.5 Å². The number of ether oxygens (including phenoxy) is 1. The molecule has 3 rings (SSSR count). The Morgan fingerprint density at radius 3 is 2.79 bits per heavy atom. The quantitative estimate of drug-likeness (QED) is 0.862. The molecule has 0 aliphatic carbocycles. The molecule has 0 saturated carbocycles. The van der Waals surface area contributed by atoms with Crippen LogP contribution in [0.25, 0.3) is 0 Å². The summed E-state index contributed by atoms with van der Waals surface area (Å²) in [5.74, 6) is 0.766. The van der Waals surface area contributed by atoms with E-state index in [0.29, 0.717) is 12.2 Å². The standard InChI is InChI=1S/C17H25N5O2/c1-6-22-14(10-11(2)18-22)16(23)21-9-7-8-13(21)15-12(3)19-20(4)17(15)24-5/h10,13H,6-9H2,1-5H3/t13-/m0/s1. The van der Waals surface area contributed by atoms with Crippen molar-refractivity contribution in [2.45, 2.75) is 46.2 Å². The third-order valence-electron chi connectivity index (χ3n) is 4.68. The Bertz CT molecular complexity index is 761. The van der Waals surface area contributed by atoms with Crippen molar-refractivity contribution in [3.63, 3.8) is 0 Å². The molecule has 1 fully saturated rings. The maximum absolute atomic E-state index is 13.1. The highest BCUT2D eigenvalue weighted by Crippen LogP contribution is 2.39. The van der Waals surface area contributed by atoms with Crippen LogP contribution in [0.1, 0.15) is 53.2 Å². The van der Waals surface area contributed by atoms with Crippen LogP contribution in [0.4, 0.5) is 0 Å². The molecule has 0 aromatic carbocycles. The minimum absolute atomic E-state index is 0.00154. The molecule has 1 amide bonds. The van der Waals surface area contributed by atoms with Crippen LogP contribution in [0.2, 0.25) is 0 Å². The van der Waals surface area contributed by atoms with E-state index in [9.17, 15) is 4.79 Å². The summed E-state index contributed by atoms with van der Waals surface area (Å²) in [7, 11) is 3.52. The maximum atomic E-state index is 13.1. The van der Waals surface area contributed by atoms with Gasteiger partial charge in [0, 0.05) is 20.1 Å². The van der Waals surface area contributed by atoms with Gasteiger partial charge in [0.1, 0.15) is 5.69 Å². The lowest BCUT2D eigenvalue weighted by molar-refractivity contribution is 0.0721. The second-order valence-corrected chi connectivity index (χ2v) is 6.28. The van der Waals surface area contributed by atoms with E-state index in [1.54, 1.807) is 16.5 Å². The fourth-order valence-corrected chi connectivity index (χ4v) is 3.69. The van der Waals surface area contributed by atoms with E-state index in [4.69, 9.17) is 4.74 Å². The van der Waals surface area contributed by atoms with Crippen molar-refractivity contribution in [3.8, 4) is 5.88 Å². The third kappa shape index (κ3) is 2.57. The number of amides is 1. The summed E-state index contributed by atoms with van der Waals surface area (Å²) in [6.45, 7) is 7.31. The van der Waals surface area contributed by atoms with Gasteiger partial charge in [0.2, 0.25) is 5.88 Å². The SMILES string of the molecule is CCn1nc(C)cc1C(=O)N1CCC[C@H]1c1c(C)nn(C)c1OC. The molecule has 7 nitrogen and oxygen atoms in total. The number of rotatable bonds is 4. The van der Waals surface area contributed by atoms with Crippen LogP contribution in [0.15, 0.2) is 6.07 Å². The highest BCUT2D eigenvalue weighted by atomic mass is 16.5. The van der Waals surface area contributed by atoms with E-state index >= 15 is 0 Å². The molecule has 2 aromatic rings. The summed E-state index contributed by atoms with van der Waals surface area (Å²) >= 11 is 0. The summed E-state index contributed by atoms with van der Waals surface area (Å²) < 4.78 is 9.06. The number of nitrogens with zero attached hydrogens (tertiary/aromatic N) is 5. The lowest BCUT2D eigenvalue weighted by atomic mass is 10.0. The van der Waals surface area contributed by atoms with E-state index < -0.39 is 0 Å². The first-order valence-electron chi connectivity index (χ1n) is 8.40. The average molecular weight is 331 g/mol. The minimum atomic E-state index is 0.00154. The number of likely N-dealkylation sites (tertiary alicyclic amines) is 1. The number of hydrogen-bond acceptors (Lipinski definition) is 4. The predicted octanol–water partition coefficient (Wildman–Crippen LogP) is 2.24. The zero-order valence-electron chi connectivity index (χ0n) is 15.0. The number of aryl methyl sites for hydroxylation is 4. The van der Waals surface area contributed by atoms with Crippen LogP contribution in [0.3, 0.4) is 0 Å². The third-order valence-corrected chi connectivity index (χ3v) is 4.68. The van der Waals surface area contributed by atoms with Crippen LogP contribution in [-0.2, 0) is 13.6 Å². The summed E-state index contributed by atoms with van der Waals surface area (Å²) in [5.41, 5.74) is 3.46. The van der Waals surface area contributed by atoms with Crippen LogP contribution in [-0.4, -0.2) is 44.0 Å². The fraction of sp³-hybridized carbons (Fsp3) is 0.588. The van der Waals surface area contributed by atoms with Gasteiger partial charge in [0.25, 0.3) is 5.91 Å². The van der Waals surface area contributed by atoms with Gasteiger partial charge in [0.15, 0.2) is 0 Å². The van der Waals surface area contributed by atoms with Crippen LogP contribution in [0.5, 0.6) is 5.88 Å². The molecule has 2 aromatic heterocycles. The second-order valence-electron chi connectivity index (χ2n) is 6.28. The predicted molar refractivity (Wildman–Crippen MR) is 90.1 cm³/mol. The molecule has 3 heterocycles. The first-order chi connectivity index (χ1) is 11.5. The highest BCUT2D eigenvalue weighted by molar-refractivity contribution is 5.93. The Kier molecular flexibility index (Phi) is 4.34. The number of carbonyl (C=O) groups is 1. The van der Waals surface area contributed by atoms with Crippen molar-refractivity contribution in [1.29, 1.82) is 0 Å². The van der Waals surface area contributed by atoms with Gasteiger partial charge in [-0.15, -0.1) is 0 Å². The normalized spacial score (nSPS) is 17.5. The first kappa shape index (κ1) is 16.5. The topological polar surface area (TPSA) is 65.2 Å². The van der Waals surface area contributed by atoms with Crippen molar-refractivity contribution in [3.05, 3.63) is 28.7 Å². The molecule has 1 aliphatic heterocycles. The Hall–Kier alpha value is -2.31. The molecule has 7 heteroatoms. The molecule has 1 aliphatic rings. The van der Waals surface area contributed by atoms with E-state index in [0.717, 1.165) is 42.2 Å². The van der Waals surface area contributed by atoms with Gasteiger partial charge in [-0.1, -0.05) is 0 Å². The zero-order chi connectivity index (χ0) is 17.4. The fourth-order valence-electron chi connectivity index (χ4n) is 3.69. The monoisotopic (exact) mass is 331 g/mol. The van der Waals surface area contributed by atoms with Gasteiger partial charge in [-0.2, -0.15) is 10.2 Å². The zero-order valence-corrected chi connectivity index (χ0v) is 15.0. The molecule has 24 heavy (non-hydrogen) atoms. The smallest absolute Gasteiger partial charge is 0.272 e. The molecule has 130 valence electrons.